The zero-order valence-electron chi connectivity index (χ0n) is 28.7. The van der Waals surface area contributed by atoms with Crippen LogP contribution in [0.2, 0.25) is 0 Å². The molecule has 3 aromatic rings. The molecule has 0 amide bonds. The standard InChI is InChI=1S/C32H40N3O15P3S/c1-2-19-33-26-18-20-35(32(38)34-26)29-28(48-31(37)23-14-8-4-9-15-23)27(47-30(36)22-12-6-3-7-13-22)25(46-29)21-45-51(39,40)49-52(41,42)50-53(43,44)54-24-16-10-5-11-17-24/h3-4,6-9,12-15,18,20,24-25,27-29H,2,5,10-11,16-17,19,21H2,1H3,(H,39,40)(H,41,42)(H,43,44)(H,33,34,38)/p-3/t25-,27+,28?,29-/m1/s1. The van der Waals surface area contributed by atoms with Gasteiger partial charge in [0.1, 0.15) is 11.9 Å². The molecule has 2 heterocycles. The lowest BCUT2D eigenvalue weighted by molar-refractivity contribution is -0.245. The minimum atomic E-state index is -6.09. The molecule has 1 aliphatic heterocycles. The summed E-state index contributed by atoms with van der Waals surface area (Å²) in [5.74, 6) is -1.69. The van der Waals surface area contributed by atoms with Crippen molar-refractivity contribution in [2.45, 2.75) is 75.2 Å². The monoisotopic (exact) mass is 828 g/mol. The Morgan fingerprint density at radius 3 is 2.04 bits per heavy atom. The molecule has 4 unspecified atom stereocenters. The first-order valence-corrected chi connectivity index (χ1v) is 22.8. The Kier molecular flexibility index (Phi) is 14.5. The first-order chi connectivity index (χ1) is 25.7. The topological polar surface area (TPSA) is 257 Å². The Labute approximate surface area is 314 Å². The molecule has 1 aromatic heterocycles. The molecule has 0 radical (unpaired) electrons. The molecule has 1 N–H and O–H groups in total. The van der Waals surface area contributed by atoms with E-state index in [1.165, 1.54) is 36.5 Å². The minimum Gasteiger partial charge on any atom is -0.770 e. The fourth-order valence-corrected chi connectivity index (χ4v) is 12.4. The number of nitrogens with zero attached hydrogens (tertiary/aromatic N) is 2. The van der Waals surface area contributed by atoms with E-state index in [0.29, 0.717) is 19.4 Å². The molecular weight excluding hydrogens is 791 g/mol. The van der Waals surface area contributed by atoms with Gasteiger partial charge in [-0.05, 0) is 49.6 Å². The molecule has 2 fully saturated rings. The number of aromatic nitrogens is 2. The van der Waals surface area contributed by atoms with Crippen molar-refractivity contribution >= 4 is 51.6 Å². The summed E-state index contributed by atoms with van der Waals surface area (Å²) in [4.78, 5) is 81.7. The molecule has 2 aromatic carbocycles. The number of phosphoric acid groups is 2. The van der Waals surface area contributed by atoms with Crippen molar-refractivity contribution in [2.75, 3.05) is 18.5 Å². The fourth-order valence-electron chi connectivity index (χ4n) is 5.64. The molecule has 0 bridgehead atoms. The maximum absolute atomic E-state index is 13.3. The van der Waals surface area contributed by atoms with E-state index in [1.807, 2.05) is 6.92 Å². The summed E-state index contributed by atoms with van der Waals surface area (Å²) < 4.78 is 69.2. The highest BCUT2D eigenvalue weighted by Gasteiger charge is 2.51. The lowest BCUT2D eigenvalue weighted by Crippen LogP contribution is -2.42. The second-order valence-electron chi connectivity index (χ2n) is 12.1. The Morgan fingerprint density at radius 1 is 0.870 bits per heavy atom. The Balaban J connectivity index is 1.41. The third kappa shape index (κ3) is 11.9. The average molecular weight is 829 g/mol. The Hall–Kier alpha value is -3.18. The van der Waals surface area contributed by atoms with Crippen LogP contribution in [0.4, 0.5) is 5.82 Å². The number of hydrogen-bond acceptors (Lipinski definition) is 18. The van der Waals surface area contributed by atoms with Crippen molar-refractivity contribution in [3.05, 3.63) is 94.5 Å². The van der Waals surface area contributed by atoms with E-state index >= 15 is 0 Å². The van der Waals surface area contributed by atoms with Crippen LogP contribution < -0.4 is 25.7 Å². The second-order valence-corrected chi connectivity index (χ2v) is 19.2. The molecule has 294 valence electrons. The largest absolute Gasteiger partial charge is 0.770 e. The van der Waals surface area contributed by atoms with E-state index in [-0.39, 0.29) is 28.3 Å². The first kappa shape index (κ1) is 42.0. The third-order valence-electron chi connectivity index (χ3n) is 8.08. The van der Waals surface area contributed by atoms with Gasteiger partial charge in [-0.1, -0.05) is 74.0 Å². The van der Waals surface area contributed by atoms with Gasteiger partial charge in [-0.15, -0.1) is 0 Å². The number of carbonyl (C=O) groups is 2. The lowest BCUT2D eigenvalue weighted by atomic mass is 10.0. The van der Waals surface area contributed by atoms with Crippen LogP contribution in [0.15, 0.2) is 77.7 Å². The van der Waals surface area contributed by atoms with Crippen molar-refractivity contribution in [2.24, 2.45) is 0 Å². The lowest BCUT2D eigenvalue weighted by Gasteiger charge is -2.36. The third-order valence-corrected chi connectivity index (χ3v) is 15.0. The maximum Gasteiger partial charge on any atom is 0.351 e. The number of esters is 2. The van der Waals surface area contributed by atoms with Crippen molar-refractivity contribution in [3.63, 3.8) is 0 Å². The minimum absolute atomic E-state index is 0.0364. The number of ether oxygens (including phenoxy) is 3. The quantitative estimate of drug-likeness (QED) is 0.149. The highest BCUT2D eigenvalue weighted by Crippen LogP contribution is 2.68. The van der Waals surface area contributed by atoms with Crippen LogP contribution in [0.5, 0.6) is 0 Å². The smallest absolute Gasteiger partial charge is 0.351 e. The van der Waals surface area contributed by atoms with Crippen molar-refractivity contribution in [3.8, 4) is 0 Å². The molecule has 1 saturated carbocycles. The summed E-state index contributed by atoms with van der Waals surface area (Å²) in [6, 6.07) is 16.6. The van der Waals surface area contributed by atoms with Gasteiger partial charge >= 0.3 is 17.6 Å². The molecule has 18 nitrogen and oxygen atoms in total. The first-order valence-electron chi connectivity index (χ1n) is 16.8. The number of benzene rings is 2. The van der Waals surface area contributed by atoms with Crippen molar-refractivity contribution in [1.29, 1.82) is 0 Å². The molecule has 2 aliphatic rings. The molecule has 54 heavy (non-hydrogen) atoms. The zero-order chi connectivity index (χ0) is 38.9. The maximum atomic E-state index is 13.3. The molecule has 1 aliphatic carbocycles. The number of nitrogens with one attached hydrogen (secondary N) is 1. The van der Waals surface area contributed by atoms with Gasteiger partial charge in [0.2, 0.25) is 0 Å². The van der Waals surface area contributed by atoms with Gasteiger partial charge in [-0.3, -0.25) is 22.6 Å². The molecule has 5 rings (SSSR count). The number of rotatable bonds is 17. The normalized spacial score (nSPS) is 23.7. The van der Waals surface area contributed by atoms with E-state index in [2.05, 4.69) is 18.9 Å². The molecular formula is C32H37N3O15P3S-3. The van der Waals surface area contributed by atoms with Gasteiger partial charge < -0.3 is 38.7 Å². The number of anilines is 1. The van der Waals surface area contributed by atoms with Gasteiger partial charge in [0.25, 0.3) is 15.6 Å². The summed E-state index contributed by atoms with van der Waals surface area (Å²) in [7, 11) is -12.1. The SMILES string of the molecule is CCCNc1ccn([C@@H]2O[C@H](COP(=O)([O-])OP(=O)([O-])OP(=O)([O-])SC3CCCCC3)[C@H](OC(=O)c3ccccc3)C2OC(=O)c2ccccc2)c(=O)n1. The van der Waals surface area contributed by atoms with Crippen LogP contribution in [-0.2, 0) is 41.1 Å². The van der Waals surface area contributed by atoms with E-state index < -0.39 is 76.5 Å². The summed E-state index contributed by atoms with van der Waals surface area (Å²) in [6.45, 7) is -3.94. The van der Waals surface area contributed by atoms with Gasteiger partial charge in [0.05, 0.1) is 17.7 Å². The summed E-state index contributed by atoms with van der Waals surface area (Å²) in [5, 5.41) is 2.50. The molecule has 7 atom stereocenters. The predicted octanol–water partition coefficient (Wildman–Crippen LogP) is 3.93. The van der Waals surface area contributed by atoms with Gasteiger partial charge in [-0.2, -0.15) is 4.98 Å². The summed E-state index contributed by atoms with van der Waals surface area (Å²) in [6.07, 6.45) is -1.32. The van der Waals surface area contributed by atoms with Crippen LogP contribution >= 0.6 is 33.8 Å². The second kappa shape index (κ2) is 18.6. The number of carbonyl (C=O) groups excluding carboxylic acids is 2. The average Bonchev–Trinajstić information content (AvgIpc) is 3.45. The van der Waals surface area contributed by atoms with Gasteiger partial charge in [-0.25, -0.2) is 18.7 Å². The fraction of sp³-hybridized carbons (Fsp3) is 0.438. The Morgan fingerprint density at radius 2 is 1.46 bits per heavy atom. The van der Waals surface area contributed by atoms with Crippen LogP contribution in [-0.4, -0.2) is 58.2 Å². The van der Waals surface area contributed by atoms with E-state index in [4.69, 9.17) is 18.7 Å². The summed E-state index contributed by atoms with van der Waals surface area (Å²) in [5.41, 5.74) is -0.795. The van der Waals surface area contributed by atoms with Gasteiger partial charge in [0, 0.05) is 18.0 Å². The van der Waals surface area contributed by atoms with E-state index in [1.54, 1.807) is 36.4 Å². The van der Waals surface area contributed by atoms with Crippen LogP contribution in [0.25, 0.3) is 0 Å². The highest BCUT2D eigenvalue weighted by molar-refractivity contribution is 8.55. The predicted molar refractivity (Wildman–Crippen MR) is 188 cm³/mol. The van der Waals surface area contributed by atoms with Crippen molar-refractivity contribution in [1.82, 2.24) is 9.55 Å². The Bertz CT molecular complexity index is 1950. The van der Waals surface area contributed by atoms with Crippen LogP contribution in [0.1, 0.15) is 72.4 Å². The van der Waals surface area contributed by atoms with Crippen LogP contribution in [0.3, 0.4) is 0 Å². The molecule has 22 heteroatoms. The molecule has 0 spiro atoms. The molecule has 1 saturated heterocycles. The number of phosphoric ester groups is 1. The van der Waals surface area contributed by atoms with Crippen molar-refractivity contribution < 1.29 is 65.3 Å². The van der Waals surface area contributed by atoms with E-state index in [9.17, 15) is 42.8 Å². The van der Waals surface area contributed by atoms with Crippen LogP contribution in [0, 0.1) is 0 Å². The number of hydrogen-bond donors (Lipinski definition) is 1. The van der Waals surface area contributed by atoms with Gasteiger partial charge in [0.15, 0.2) is 25.2 Å². The zero-order valence-corrected chi connectivity index (χ0v) is 32.2. The van der Waals surface area contributed by atoms with E-state index in [0.717, 1.165) is 30.3 Å². The summed E-state index contributed by atoms with van der Waals surface area (Å²) >= 11 is 0.267. The highest BCUT2D eigenvalue weighted by atomic mass is 32.7.